The molecule has 0 atom stereocenters. The standard InChI is InChI=1S/C16H33NO4Si/c1-15(2,3)21-14(19)17-11-13(9-10-18)12-20-22(7,8)16(4,5)6/h9,18H,10-12H2,1-8H3,(H,17,19). The Hall–Kier alpha value is -0.853. The molecule has 0 aromatic rings. The van der Waals surface area contributed by atoms with Crippen molar-refractivity contribution < 1.29 is 19.1 Å². The van der Waals surface area contributed by atoms with Crippen LogP contribution in [0.25, 0.3) is 0 Å². The van der Waals surface area contributed by atoms with Gasteiger partial charge in [0.2, 0.25) is 0 Å². The van der Waals surface area contributed by atoms with E-state index in [2.05, 4.69) is 39.2 Å². The molecule has 0 heterocycles. The number of carbonyl (C=O) groups is 1. The third-order valence-corrected chi connectivity index (χ3v) is 8.14. The molecule has 0 saturated carbocycles. The first kappa shape index (κ1) is 21.1. The van der Waals surface area contributed by atoms with Crippen LogP contribution in [0.5, 0.6) is 0 Å². The Labute approximate surface area is 136 Å². The third-order valence-electron chi connectivity index (χ3n) is 3.66. The molecule has 0 fully saturated rings. The van der Waals surface area contributed by atoms with Crippen molar-refractivity contribution in [2.75, 3.05) is 19.8 Å². The fourth-order valence-corrected chi connectivity index (χ4v) is 2.28. The highest BCUT2D eigenvalue weighted by Gasteiger charge is 2.37. The second-order valence-electron chi connectivity index (χ2n) is 7.95. The smallest absolute Gasteiger partial charge is 0.407 e. The number of aliphatic hydroxyl groups is 1. The first-order valence-corrected chi connectivity index (χ1v) is 10.6. The van der Waals surface area contributed by atoms with Crippen molar-refractivity contribution in [3.8, 4) is 0 Å². The minimum atomic E-state index is -1.86. The number of hydrogen-bond acceptors (Lipinski definition) is 4. The summed E-state index contributed by atoms with van der Waals surface area (Å²) in [5.74, 6) is 0. The highest BCUT2D eigenvalue weighted by molar-refractivity contribution is 6.74. The molecular formula is C16H33NO4Si. The van der Waals surface area contributed by atoms with Crippen LogP contribution >= 0.6 is 0 Å². The van der Waals surface area contributed by atoms with Crippen LogP contribution in [0, 0.1) is 0 Å². The van der Waals surface area contributed by atoms with Crippen LogP contribution in [-0.2, 0) is 9.16 Å². The summed E-state index contributed by atoms with van der Waals surface area (Å²) in [7, 11) is -1.86. The molecule has 0 aliphatic rings. The van der Waals surface area contributed by atoms with Crippen molar-refractivity contribution in [1.29, 1.82) is 0 Å². The molecule has 1 amide bonds. The fraction of sp³-hybridized carbons (Fsp3) is 0.812. The van der Waals surface area contributed by atoms with E-state index in [0.29, 0.717) is 13.2 Å². The van der Waals surface area contributed by atoms with Gasteiger partial charge >= 0.3 is 6.09 Å². The lowest BCUT2D eigenvalue weighted by molar-refractivity contribution is 0.0531. The second kappa shape index (κ2) is 8.13. The summed E-state index contributed by atoms with van der Waals surface area (Å²) in [6.07, 6.45) is 1.20. The maximum Gasteiger partial charge on any atom is 0.407 e. The van der Waals surface area contributed by atoms with Crippen LogP contribution in [-0.4, -0.2) is 44.9 Å². The molecule has 0 unspecified atom stereocenters. The lowest BCUT2D eigenvalue weighted by Gasteiger charge is -2.36. The molecule has 0 aromatic carbocycles. The van der Waals surface area contributed by atoms with Crippen LogP contribution in [0.15, 0.2) is 11.6 Å². The normalized spacial score (nSPS) is 14.0. The Morgan fingerprint density at radius 2 is 1.73 bits per heavy atom. The molecule has 6 heteroatoms. The average Bonchev–Trinajstić information content (AvgIpc) is 2.29. The number of nitrogens with one attached hydrogen (secondary N) is 1. The van der Waals surface area contributed by atoms with Crippen LogP contribution in [0.1, 0.15) is 41.5 Å². The number of ether oxygens (including phenoxy) is 1. The van der Waals surface area contributed by atoms with Gasteiger partial charge < -0.3 is 19.6 Å². The van der Waals surface area contributed by atoms with Gasteiger partial charge in [-0.25, -0.2) is 4.79 Å². The number of alkyl carbamates (subject to hydrolysis) is 1. The summed E-state index contributed by atoms with van der Waals surface area (Å²) < 4.78 is 11.3. The Kier molecular flexibility index (Phi) is 7.81. The number of carbonyl (C=O) groups excluding carboxylic acids is 1. The molecule has 5 nitrogen and oxygen atoms in total. The zero-order chi connectivity index (χ0) is 17.6. The minimum Gasteiger partial charge on any atom is -0.444 e. The summed E-state index contributed by atoms with van der Waals surface area (Å²) in [6, 6.07) is 0. The van der Waals surface area contributed by atoms with Crippen molar-refractivity contribution in [2.24, 2.45) is 0 Å². The van der Waals surface area contributed by atoms with E-state index < -0.39 is 20.0 Å². The van der Waals surface area contributed by atoms with Crippen molar-refractivity contribution in [2.45, 2.75) is 65.3 Å². The van der Waals surface area contributed by atoms with Gasteiger partial charge in [0.25, 0.3) is 0 Å². The predicted molar refractivity (Wildman–Crippen MR) is 92.6 cm³/mol. The monoisotopic (exact) mass is 331 g/mol. The second-order valence-corrected chi connectivity index (χ2v) is 12.8. The number of rotatable bonds is 6. The van der Waals surface area contributed by atoms with Crippen LogP contribution in [0.4, 0.5) is 4.79 Å². The molecular weight excluding hydrogens is 298 g/mol. The van der Waals surface area contributed by atoms with E-state index in [1.54, 1.807) is 6.08 Å². The van der Waals surface area contributed by atoms with E-state index in [1.807, 2.05) is 20.8 Å². The van der Waals surface area contributed by atoms with Gasteiger partial charge in [0.1, 0.15) is 5.60 Å². The Morgan fingerprint density at radius 1 is 1.18 bits per heavy atom. The zero-order valence-electron chi connectivity index (χ0n) is 15.4. The molecule has 0 rings (SSSR count). The highest BCUT2D eigenvalue weighted by atomic mass is 28.4. The van der Waals surface area contributed by atoms with Gasteiger partial charge in [0, 0.05) is 6.54 Å². The molecule has 130 valence electrons. The SMILES string of the molecule is CC(C)(C)OC(=O)NCC(=CCO)CO[Si](C)(C)C(C)(C)C. The highest BCUT2D eigenvalue weighted by Crippen LogP contribution is 2.36. The van der Waals surface area contributed by atoms with Crippen molar-refractivity contribution in [3.05, 3.63) is 11.6 Å². The number of aliphatic hydroxyl groups excluding tert-OH is 1. The van der Waals surface area contributed by atoms with Gasteiger partial charge in [0.05, 0.1) is 13.2 Å². The first-order chi connectivity index (χ1) is 9.78. The van der Waals surface area contributed by atoms with Crippen LogP contribution in [0.2, 0.25) is 18.1 Å². The fourth-order valence-electron chi connectivity index (χ4n) is 1.30. The zero-order valence-corrected chi connectivity index (χ0v) is 16.4. The van der Waals surface area contributed by atoms with Gasteiger partial charge in [0.15, 0.2) is 8.32 Å². The van der Waals surface area contributed by atoms with Gasteiger partial charge in [-0.1, -0.05) is 26.8 Å². The molecule has 0 saturated heterocycles. The lowest BCUT2D eigenvalue weighted by Crippen LogP contribution is -2.42. The summed E-state index contributed by atoms with van der Waals surface area (Å²) >= 11 is 0. The van der Waals surface area contributed by atoms with E-state index in [1.165, 1.54) is 0 Å². The molecule has 0 aromatic heterocycles. The molecule has 22 heavy (non-hydrogen) atoms. The summed E-state index contributed by atoms with van der Waals surface area (Å²) in [5, 5.41) is 11.9. The van der Waals surface area contributed by atoms with Crippen LogP contribution in [0.3, 0.4) is 0 Å². The van der Waals surface area contributed by atoms with Crippen molar-refractivity contribution in [3.63, 3.8) is 0 Å². The van der Waals surface area contributed by atoms with Gasteiger partial charge in [-0.05, 0) is 44.5 Å². The largest absolute Gasteiger partial charge is 0.444 e. The third kappa shape index (κ3) is 8.56. The maximum absolute atomic E-state index is 11.7. The number of hydrogen-bond donors (Lipinski definition) is 2. The van der Waals surface area contributed by atoms with Crippen molar-refractivity contribution in [1.82, 2.24) is 5.32 Å². The summed E-state index contributed by atoms with van der Waals surface area (Å²) in [6.45, 7) is 17.0. The predicted octanol–water partition coefficient (Wildman–Crippen LogP) is 3.45. The van der Waals surface area contributed by atoms with E-state index in [0.717, 1.165) is 5.57 Å². The van der Waals surface area contributed by atoms with Gasteiger partial charge in [-0.15, -0.1) is 0 Å². The van der Waals surface area contributed by atoms with Gasteiger partial charge in [-0.2, -0.15) is 0 Å². The van der Waals surface area contributed by atoms with E-state index in [4.69, 9.17) is 14.3 Å². The summed E-state index contributed by atoms with van der Waals surface area (Å²) in [5.41, 5.74) is 0.320. The van der Waals surface area contributed by atoms with Gasteiger partial charge in [-0.3, -0.25) is 0 Å². The average molecular weight is 332 g/mol. The molecule has 0 spiro atoms. The van der Waals surface area contributed by atoms with Crippen molar-refractivity contribution >= 4 is 14.4 Å². The molecule has 0 bridgehead atoms. The Balaban J connectivity index is 4.53. The summed E-state index contributed by atoms with van der Waals surface area (Å²) in [4.78, 5) is 11.7. The molecule has 0 aliphatic carbocycles. The number of amides is 1. The van der Waals surface area contributed by atoms with E-state index >= 15 is 0 Å². The molecule has 0 aliphatic heterocycles. The Bertz CT molecular complexity index is 392. The Morgan fingerprint density at radius 3 is 2.14 bits per heavy atom. The van der Waals surface area contributed by atoms with E-state index in [-0.39, 0.29) is 11.6 Å². The molecule has 0 radical (unpaired) electrons. The minimum absolute atomic E-state index is 0.0772. The topological polar surface area (TPSA) is 67.8 Å². The van der Waals surface area contributed by atoms with Crippen LogP contribution < -0.4 is 5.32 Å². The first-order valence-electron chi connectivity index (χ1n) is 7.68. The molecule has 2 N–H and O–H groups in total. The quantitative estimate of drug-likeness (QED) is 0.578. The van der Waals surface area contributed by atoms with E-state index in [9.17, 15) is 4.79 Å². The lowest BCUT2D eigenvalue weighted by atomic mass is 10.2. The maximum atomic E-state index is 11.7.